The number of rotatable bonds is 7. The van der Waals surface area contributed by atoms with Gasteiger partial charge in [0.05, 0.1) is 24.4 Å². The molecule has 0 spiro atoms. The molecular weight excluding hydrogens is 452 g/mol. The van der Waals surface area contributed by atoms with Gasteiger partial charge in [-0.2, -0.15) is 5.10 Å². The summed E-state index contributed by atoms with van der Waals surface area (Å²) in [6.45, 7) is 7.55. The second-order valence-electron chi connectivity index (χ2n) is 9.68. The van der Waals surface area contributed by atoms with Crippen molar-refractivity contribution in [2.24, 2.45) is 5.10 Å². The first kappa shape index (κ1) is 25.2. The molecule has 0 aromatic heterocycles. The normalized spacial score (nSPS) is 16.7. The Labute approximate surface area is 212 Å². The number of carbonyl (C=O) groups is 2. The van der Waals surface area contributed by atoms with Crippen LogP contribution in [0.25, 0.3) is 0 Å². The molecule has 3 aromatic carbocycles. The van der Waals surface area contributed by atoms with Crippen molar-refractivity contribution in [3.05, 3.63) is 102 Å². The lowest BCUT2D eigenvalue weighted by molar-refractivity contribution is -0.157. The van der Waals surface area contributed by atoms with Gasteiger partial charge in [-0.05, 0) is 39.3 Å². The Kier molecular flexibility index (Phi) is 7.53. The fourth-order valence-corrected chi connectivity index (χ4v) is 4.45. The number of carbonyl (C=O) groups excluding carboxylic acids is 2. The Hall–Kier alpha value is -3.93. The number of hydrogen-bond donors (Lipinski definition) is 0. The van der Waals surface area contributed by atoms with Crippen LogP contribution in [0.1, 0.15) is 56.7 Å². The second-order valence-corrected chi connectivity index (χ2v) is 9.68. The molecule has 186 valence electrons. The van der Waals surface area contributed by atoms with Gasteiger partial charge < -0.3 is 9.47 Å². The Bertz CT molecular complexity index is 1190. The summed E-state index contributed by atoms with van der Waals surface area (Å²) < 4.78 is 11.1. The van der Waals surface area contributed by atoms with E-state index in [0.29, 0.717) is 0 Å². The zero-order valence-corrected chi connectivity index (χ0v) is 21.2. The molecule has 0 amide bonds. The van der Waals surface area contributed by atoms with E-state index in [1.807, 2.05) is 106 Å². The molecule has 2 atom stereocenters. The summed E-state index contributed by atoms with van der Waals surface area (Å²) in [4.78, 5) is 26.3. The predicted octanol–water partition coefficient (Wildman–Crippen LogP) is 5.71. The van der Waals surface area contributed by atoms with E-state index >= 15 is 0 Å². The third kappa shape index (κ3) is 5.65. The monoisotopic (exact) mass is 484 g/mol. The van der Waals surface area contributed by atoms with Gasteiger partial charge in [-0.25, -0.2) is 9.80 Å². The molecule has 0 saturated carbocycles. The van der Waals surface area contributed by atoms with Crippen LogP contribution in [-0.2, 0) is 19.1 Å². The van der Waals surface area contributed by atoms with Crippen LogP contribution < -0.4 is 5.01 Å². The molecule has 0 bridgehead atoms. The van der Waals surface area contributed by atoms with E-state index in [1.165, 1.54) is 0 Å². The fourth-order valence-electron chi connectivity index (χ4n) is 4.45. The molecular formula is C30H32N2O4. The zero-order valence-electron chi connectivity index (χ0n) is 21.2. The fraction of sp³-hybridized carbons (Fsp3) is 0.300. The van der Waals surface area contributed by atoms with Crippen LogP contribution in [0.3, 0.4) is 0 Å². The van der Waals surface area contributed by atoms with E-state index in [9.17, 15) is 9.59 Å². The molecule has 6 heteroatoms. The van der Waals surface area contributed by atoms with E-state index in [4.69, 9.17) is 14.6 Å². The van der Waals surface area contributed by atoms with Gasteiger partial charge in [0, 0.05) is 17.0 Å². The maximum absolute atomic E-state index is 13.7. The third-order valence-corrected chi connectivity index (χ3v) is 5.87. The van der Waals surface area contributed by atoms with Crippen molar-refractivity contribution in [2.75, 3.05) is 11.6 Å². The molecule has 0 fully saturated rings. The largest absolute Gasteiger partial charge is 0.466 e. The summed E-state index contributed by atoms with van der Waals surface area (Å²) in [6, 6.07) is 26.6. The SMILES string of the molecule is CCOC(=O)C[C@@H]1c2ccccc2N(N=C(c2ccccc2)c2ccccc2)[C@@H]1C(=O)OC(C)(C)C. The average molecular weight is 485 g/mol. The minimum Gasteiger partial charge on any atom is -0.466 e. The molecule has 1 aliphatic heterocycles. The molecule has 4 rings (SSSR count). The van der Waals surface area contributed by atoms with Crippen molar-refractivity contribution in [1.82, 2.24) is 0 Å². The van der Waals surface area contributed by atoms with Crippen molar-refractivity contribution in [3.8, 4) is 0 Å². The van der Waals surface area contributed by atoms with Crippen molar-refractivity contribution in [1.29, 1.82) is 0 Å². The van der Waals surface area contributed by atoms with Crippen LogP contribution >= 0.6 is 0 Å². The summed E-state index contributed by atoms with van der Waals surface area (Å²) in [5.41, 5.74) is 3.49. The minimum atomic E-state index is -0.826. The lowest BCUT2D eigenvalue weighted by Gasteiger charge is -2.29. The number of anilines is 1. The van der Waals surface area contributed by atoms with Crippen LogP contribution in [0.2, 0.25) is 0 Å². The maximum Gasteiger partial charge on any atom is 0.332 e. The molecule has 0 radical (unpaired) electrons. The first-order valence-corrected chi connectivity index (χ1v) is 12.2. The van der Waals surface area contributed by atoms with Gasteiger partial charge in [-0.3, -0.25) is 4.79 Å². The molecule has 0 N–H and O–H groups in total. The van der Waals surface area contributed by atoms with Gasteiger partial charge in [0.2, 0.25) is 0 Å². The third-order valence-electron chi connectivity index (χ3n) is 5.87. The number of fused-ring (bicyclic) bond motifs is 1. The number of nitrogens with zero attached hydrogens (tertiary/aromatic N) is 2. The average Bonchev–Trinajstić information content (AvgIpc) is 3.16. The van der Waals surface area contributed by atoms with Gasteiger partial charge in [0.25, 0.3) is 0 Å². The van der Waals surface area contributed by atoms with Crippen molar-refractivity contribution >= 4 is 23.3 Å². The summed E-state index contributed by atoms with van der Waals surface area (Å²) in [5, 5.41) is 6.82. The summed E-state index contributed by atoms with van der Waals surface area (Å²) in [6.07, 6.45) is 0.0484. The number of benzene rings is 3. The van der Waals surface area contributed by atoms with E-state index in [1.54, 1.807) is 11.9 Å². The standard InChI is InChI=1S/C30H32N2O4/c1-5-35-26(33)20-24-23-18-12-13-19-25(23)32(28(24)29(34)36-30(2,3)4)31-27(21-14-8-6-9-15-21)22-16-10-7-11-17-22/h6-19,24,28H,5,20H2,1-4H3/t24-,28+/m1/s1. The van der Waals surface area contributed by atoms with Gasteiger partial charge in [0.15, 0.2) is 6.04 Å². The lowest BCUT2D eigenvalue weighted by atomic mass is 9.91. The van der Waals surface area contributed by atoms with Crippen molar-refractivity contribution in [3.63, 3.8) is 0 Å². The molecule has 3 aromatic rings. The van der Waals surface area contributed by atoms with E-state index in [2.05, 4.69) is 0 Å². The minimum absolute atomic E-state index is 0.0484. The molecule has 0 saturated heterocycles. The Morgan fingerprint density at radius 1 is 0.861 bits per heavy atom. The summed E-state index contributed by atoms with van der Waals surface area (Å²) in [5.74, 6) is -1.26. The lowest BCUT2D eigenvalue weighted by Crippen LogP contribution is -2.43. The second kappa shape index (κ2) is 10.8. The van der Waals surface area contributed by atoms with Gasteiger partial charge in [-0.1, -0.05) is 78.9 Å². The van der Waals surface area contributed by atoms with E-state index < -0.39 is 23.5 Å². The topological polar surface area (TPSA) is 68.2 Å². The van der Waals surface area contributed by atoms with Crippen LogP contribution in [0.5, 0.6) is 0 Å². The number of hydrazone groups is 1. The highest BCUT2D eigenvalue weighted by Gasteiger charge is 2.46. The Morgan fingerprint density at radius 2 is 1.42 bits per heavy atom. The van der Waals surface area contributed by atoms with Crippen LogP contribution in [0.15, 0.2) is 90.0 Å². The van der Waals surface area contributed by atoms with E-state index in [-0.39, 0.29) is 19.0 Å². The molecule has 1 aliphatic rings. The zero-order chi connectivity index (χ0) is 25.7. The number of para-hydroxylation sites is 1. The highest BCUT2D eigenvalue weighted by atomic mass is 16.6. The highest BCUT2D eigenvalue weighted by Crippen LogP contribution is 2.44. The molecule has 0 unspecified atom stereocenters. The Morgan fingerprint density at radius 3 is 1.97 bits per heavy atom. The highest BCUT2D eigenvalue weighted by molar-refractivity contribution is 6.13. The van der Waals surface area contributed by atoms with Crippen molar-refractivity contribution < 1.29 is 19.1 Å². The van der Waals surface area contributed by atoms with Crippen LogP contribution in [0, 0.1) is 0 Å². The van der Waals surface area contributed by atoms with Gasteiger partial charge in [0.1, 0.15) is 5.60 Å². The predicted molar refractivity (Wildman–Crippen MR) is 141 cm³/mol. The van der Waals surface area contributed by atoms with E-state index in [0.717, 1.165) is 28.1 Å². The molecule has 36 heavy (non-hydrogen) atoms. The Balaban J connectivity index is 1.88. The van der Waals surface area contributed by atoms with Crippen LogP contribution in [0.4, 0.5) is 5.69 Å². The first-order valence-electron chi connectivity index (χ1n) is 12.2. The maximum atomic E-state index is 13.7. The summed E-state index contributed by atoms with van der Waals surface area (Å²) in [7, 11) is 0. The molecule has 0 aliphatic carbocycles. The van der Waals surface area contributed by atoms with Crippen molar-refractivity contribution in [2.45, 2.75) is 51.7 Å². The smallest absolute Gasteiger partial charge is 0.332 e. The summed E-state index contributed by atoms with van der Waals surface area (Å²) >= 11 is 0. The number of esters is 2. The van der Waals surface area contributed by atoms with Gasteiger partial charge >= 0.3 is 11.9 Å². The number of ether oxygens (including phenoxy) is 2. The first-order chi connectivity index (χ1) is 17.3. The van der Waals surface area contributed by atoms with Gasteiger partial charge in [-0.15, -0.1) is 0 Å². The molecule has 6 nitrogen and oxygen atoms in total. The van der Waals surface area contributed by atoms with Crippen LogP contribution in [-0.4, -0.2) is 35.9 Å². The number of hydrogen-bond acceptors (Lipinski definition) is 6. The molecule has 1 heterocycles. The quantitative estimate of drug-likeness (QED) is 0.318.